The normalized spacial score (nSPS) is 24.3. The van der Waals surface area contributed by atoms with E-state index in [-0.39, 0.29) is 11.6 Å². The summed E-state index contributed by atoms with van der Waals surface area (Å²) in [5.41, 5.74) is 1.97. The van der Waals surface area contributed by atoms with E-state index in [1.54, 1.807) is 13.0 Å². The van der Waals surface area contributed by atoms with Crippen molar-refractivity contribution < 1.29 is 14.6 Å². The van der Waals surface area contributed by atoms with Gasteiger partial charge in [0, 0.05) is 17.9 Å². The maximum absolute atomic E-state index is 12.4. The van der Waals surface area contributed by atoms with Crippen LogP contribution in [0.4, 0.5) is 11.4 Å². The van der Waals surface area contributed by atoms with Gasteiger partial charge in [0.1, 0.15) is 5.69 Å². The molecule has 23 heavy (non-hydrogen) atoms. The van der Waals surface area contributed by atoms with Gasteiger partial charge in [0.25, 0.3) is 11.6 Å². The molecule has 0 bridgehead atoms. The zero-order valence-corrected chi connectivity index (χ0v) is 14.3. The van der Waals surface area contributed by atoms with Crippen LogP contribution in [-0.2, 0) is 4.79 Å². The molecule has 2 atom stereocenters. The summed E-state index contributed by atoms with van der Waals surface area (Å²) in [6, 6.07) is 3.16. The number of nitro groups is 1. The van der Waals surface area contributed by atoms with Crippen LogP contribution >= 0.6 is 0 Å². The van der Waals surface area contributed by atoms with Gasteiger partial charge in [-0.2, -0.15) is 0 Å². The molecule has 1 aromatic carbocycles. The van der Waals surface area contributed by atoms with Crippen molar-refractivity contribution in [3.63, 3.8) is 0 Å². The summed E-state index contributed by atoms with van der Waals surface area (Å²) in [5, 5.41) is 14.0. The minimum atomic E-state index is -0.444. The van der Waals surface area contributed by atoms with Crippen LogP contribution in [0.25, 0.3) is 0 Å². The Kier molecular flexibility index (Phi) is 5.36. The second kappa shape index (κ2) is 7.08. The molecule has 1 aliphatic rings. The van der Waals surface area contributed by atoms with Crippen LogP contribution in [0, 0.1) is 35.8 Å². The molecule has 2 rings (SSSR count). The Morgan fingerprint density at radius 2 is 1.91 bits per heavy atom. The van der Waals surface area contributed by atoms with Crippen molar-refractivity contribution in [2.45, 2.75) is 34.1 Å². The number of hydrogen-bond donors (Lipinski definition) is 2. The number of carbonyl (C=O) groups is 1. The van der Waals surface area contributed by atoms with Crippen LogP contribution in [0.15, 0.2) is 12.1 Å². The number of aryl methyl sites for hydroxylation is 1. The summed E-state index contributed by atoms with van der Waals surface area (Å²) in [7, 11) is 0. The van der Waals surface area contributed by atoms with Gasteiger partial charge < -0.3 is 10.2 Å². The third-order valence-electron chi connectivity index (χ3n) is 4.66. The highest BCUT2D eigenvalue weighted by Gasteiger charge is 2.27. The Balaban J connectivity index is 2.11. The third kappa shape index (κ3) is 4.28. The minimum Gasteiger partial charge on any atom is -0.327 e. The van der Waals surface area contributed by atoms with Crippen molar-refractivity contribution in [3.8, 4) is 0 Å². The monoisotopic (exact) mass is 320 g/mol. The minimum absolute atomic E-state index is 0.0446. The van der Waals surface area contributed by atoms with Gasteiger partial charge in [0.2, 0.25) is 0 Å². The lowest BCUT2D eigenvalue weighted by Gasteiger charge is -2.31. The molecule has 1 aliphatic heterocycles. The number of nitro benzene ring substituents is 1. The standard InChI is InChI=1S/C17H25N3O3/c1-11-7-12(2)9-19(8-11)10-16(21)18-17-14(4)13(3)5-6-15(17)20(22)23/h5-6,11-12H,7-10H2,1-4H3,(H,18,21)/p+1/t11-,12-/m1/s1. The summed E-state index contributed by atoms with van der Waals surface area (Å²) in [5.74, 6) is 1.06. The topological polar surface area (TPSA) is 76.7 Å². The van der Waals surface area contributed by atoms with E-state index < -0.39 is 4.92 Å². The number of hydrogen-bond acceptors (Lipinski definition) is 3. The molecule has 1 saturated heterocycles. The van der Waals surface area contributed by atoms with E-state index in [0.29, 0.717) is 24.1 Å². The first kappa shape index (κ1) is 17.4. The Bertz CT molecular complexity index is 605. The molecule has 0 spiro atoms. The number of nitrogens with zero attached hydrogens (tertiary/aromatic N) is 1. The first-order chi connectivity index (χ1) is 10.8. The van der Waals surface area contributed by atoms with Gasteiger partial charge in [-0.15, -0.1) is 0 Å². The number of quaternary nitrogens is 1. The lowest BCUT2D eigenvalue weighted by molar-refractivity contribution is -0.904. The van der Waals surface area contributed by atoms with Crippen LogP contribution in [0.1, 0.15) is 31.4 Å². The van der Waals surface area contributed by atoms with E-state index in [4.69, 9.17) is 0 Å². The largest absolute Gasteiger partial charge is 0.327 e. The van der Waals surface area contributed by atoms with Crippen LogP contribution in [0.3, 0.4) is 0 Å². The molecule has 1 aromatic rings. The van der Waals surface area contributed by atoms with Gasteiger partial charge >= 0.3 is 0 Å². The Labute approximate surface area is 137 Å². The van der Waals surface area contributed by atoms with Crippen molar-refractivity contribution in [1.82, 2.24) is 0 Å². The molecular weight excluding hydrogens is 294 g/mol. The molecule has 6 nitrogen and oxygen atoms in total. The first-order valence-electron chi connectivity index (χ1n) is 8.16. The number of anilines is 1. The predicted molar refractivity (Wildman–Crippen MR) is 89.7 cm³/mol. The van der Waals surface area contributed by atoms with Gasteiger partial charge in [0.05, 0.1) is 18.0 Å². The molecule has 2 N–H and O–H groups in total. The molecule has 126 valence electrons. The molecule has 0 aromatic heterocycles. The molecule has 1 fully saturated rings. The molecule has 1 heterocycles. The molecule has 0 aliphatic carbocycles. The smallest absolute Gasteiger partial charge is 0.293 e. The number of likely N-dealkylation sites (tertiary alicyclic amines) is 1. The molecular formula is C17H26N3O3+. The zero-order chi connectivity index (χ0) is 17.1. The van der Waals surface area contributed by atoms with E-state index in [1.165, 1.54) is 17.4 Å². The first-order valence-corrected chi connectivity index (χ1v) is 8.16. The van der Waals surface area contributed by atoms with E-state index in [9.17, 15) is 14.9 Å². The van der Waals surface area contributed by atoms with Crippen molar-refractivity contribution in [1.29, 1.82) is 0 Å². The SMILES string of the molecule is Cc1ccc([N+](=O)[O-])c(NC(=O)C[NH+]2C[C@H](C)C[C@@H](C)C2)c1C. The van der Waals surface area contributed by atoms with Gasteiger partial charge in [-0.1, -0.05) is 19.9 Å². The Hall–Kier alpha value is -1.95. The average molecular weight is 320 g/mol. The highest BCUT2D eigenvalue weighted by molar-refractivity contribution is 5.95. The summed E-state index contributed by atoms with van der Waals surface area (Å²) >= 11 is 0. The van der Waals surface area contributed by atoms with Gasteiger partial charge in [-0.25, -0.2) is 0 Å². The van der Waals surface area contributed by atoms with E-state index >= 15 is 0 Å². The quantitative estimate of drug-likeness (QED) is 0.655. The van der Waals surface area contributed by atoms with Crippen molar-refractivity contribution in [2.24, 2.45) is 11.8 Å². The summed E-state index contributed by atoms with van der Waals surface area (Å²) in [6.45, 7) is 10.4. The Morgan fingerprint density at radius 3 is 2.48 bits per heavy atom. The summed E-state index contributed by atoms with van der Waals surface area (Å²) in [4.78, 5) is 24.4. The molecule has 0 unspecified atom stereocenters. The number of rotatable bonds is 4. The maximum atomic E-state index is 12.4. The number of piperidine rings is 1. The molecule has 6 heteroatoms. The van der Waals surface area contributed by atoms with E-state index in [0.717, 1.165) is 24.2 Å². The van der Waals surface area contributed by atoms with Crippen LogP contribution in [0.5, 0.6) is 0 Å². The fourth-order valence-corrected chi connectivity index (χ4v) is 3.59. The van der Waals surface area contributed by atoms with Crippen molar-refractivity contribution in [2.75, 3.05) is 25.0 Å². The second-order valence-corrected chi connectivity index (χ2v) is 6.99. The fraction of sp³-hybridized carbons (Fsp3) is 0.588. The fourth-order valence-electron chi connectivity index (χ4n) is 3.59. The van der Waals surface area contributed by atoms with Gasteiger partial charge in [-0.3, -0.25) is 14.9 Å². The number of amides is 1. The highest BCUT2D eigenvalue weighted by Crippen LogP contribution is 2.30. The number of benzene rings is 1. The van der Waals surface area contributed by atoms with Crippen LogP contribution in [-0.4, -0.2) is 30.5 Å². The van der Waals surface area contributed by atoms with Gasteiger partial charge in [-0.05, 0) is 31.4 Å². The van der Waals surface area contributed by atoms with Crippen LogP contribution < -0.4 is 10.2 Å². The lowest BCUT2D eigenvalue weighted by Crippen LogP contribution is -3.15. The average Bonchev–Trinajstić information content (AvgIpc) is 2.42. The van der Waals surface area contributed by atoms with E-state index in [2.05, 4.69) is 19.2 Å². The summed E-state index contributed by atoms with van der Waals surface area (Å²) in [6.07, 6.45) is 1.20. The molecule has 0 saturated carbocycles. The van der Waals surface area contributed by atoms with Gasteiger partial charge in [0.15, 0.2) is 6.54 Å². The molecule has 0 radical (unpaired) electrons. The Morgan fingerprint density at radius 1 is 1.30 bits per heavy atom. The lowest BCUT2D eigenvalue weighted by atomic mass is 9.92. The highest BCUT2D eigenvalue weighted by atomic mass is 16.6. The number of nitrogens with one attached hydrogen (secondary N) is 2. The van der Waals surface area contributed by atoms with Crippen LogP contribution in [0.2, 0.25) is 0 Å². The second-order valence-electron chi connectivity index (χ2n) is 6.99. The molecule has 1 amide bonds. The zero-order valence-electron chi connectivity index (χ0n) is 14.3. The van der Waals surface area contributed by atoms with Crippen molar-refractivity contribution in [3.05, 3.63) is 33.4 Å². The van der Waals surface area contributed by atoms with E-state index in [1.807, 2.05) is 6.92 Å². The summed E-state index contributed by atoms with van der Waals surface area (Å²) < 4.78 is 0. The predicted octanol–water partition coefficient (Wildman–Crippen LogP) is 1.71. The third-order valence-corrected chi connectivity index (χ3v) is 4.66. The number of carbonyl (C=O) groups excluding carboxylic acids is 1. The van der Waals surface area contributed by atoms with Crippen molar-refractivity contribution >= 4 is 17.3 Å². The maximum Gasteiger partial charge on any atom is 0.293 e.